The fourth-order valence-corrected chi connectivity index (χ4v) is 6.34. The third-order valence-electron chi connectivity index (χ3n) is 4.73. The van der Waals surface area contributed by atoms with Crippen LogP contribution in [0.5, 0.6) is 0 Å². The summed E-state index contributed by atoms with van der Waals surface area (Å²) in [6.07, 6.45) is 2.18. The first-order chi connectivity index (χ1) is 11.9. The Kier molecular flexibility index (Phi) is 5.43. The Morgan fingerprint density at radius 3 is 2.84 bits per heavy atom. The number of carboxylic acids is 1. The normalized spacial score (nSPS) is 20.0. The summed E-state index contributed by atoms with van der Waals surface area (Å²) >= 11 is 1.44. The van der Waals surface area contributed by atoms with E-state index in [0.29, 0.717) is 24.4 Å². The molecule has 3 rings (SSSR count). The van der Waals surface area contributed by atoms with Gasteiger partial charge in [0.25, 0.3) is 0 Å². The third kappa shape index (κ3) is 3.87. The standard InChI is InChI=1S/C17H22N2O4S2/c1-18(11-17(20)21)13-5-4-9-19(10-8-13)25(22,23)16-12-24-15-7-3-2-6-14(15)16/h2-3,6-7,12-13H,4-5,8-11H2,1H3,(H,20,21). The Bertz CT molecular complexity index is 862. The van der Waals surface area contributed by atoms with Crippen LogP contribution in [0.4, 0.5) is 0 Å². The van der Waals surface area contributed by atoms with E-state index in [1.807, 2.05) is 24.3 Å². The zero-order chi connectivity index (χ0) is 18.0. The molecule has 0 radical (unpaired) electrons. The van der Waals surface area contributed by atoms with E-state index in [1.165, 1.54) is 11.3 Å². The van der Waals surface area contributed by atoms with Crippen molar-refractivity contribution in [3.05, 3.63) is 29.6 Å². The van der Waals surface area contributed by atoms with Crippen LogP contribution < -0.4 is 0 Å². The lowest BCUT2D eigenvalue weighted by atomic mass is 10.1. The van der Waals surface area contributed by atoms with E-state index in [0.717, 1.165) is 22.9 Å². The average molecular weight is 383 g/mol. The van der Waals surface area contributed by atoms with Crippen LogP contribution in [0.3, 0.4) is 0 Å². The van der Waals surface area contributed by atoms with E-state index in [4.69, 9.17) is 5.11 Å². The number of hydrogen-bond acceptors (Lipinski definition) is 5. The summed E-state index contributed by atoms with van der Waals surface area (Å²) in [6, 6.07) is 7.63. The molecule has 0 spiro atoms. The number of fused-ring (bicyclic) bond motifs is 1. The molecule has 1 aliphatic rings. The molecule has 1 unspecified atom stereocenters. The summed E-state index contributed by atoms with van der Waals surface area (Å²) in [6.45, 7) is 0.873. The minimum Gasteiger partial charge on any atom is -0.480 e. The molecule has 2 heterocycles. The van der Waals surface area contributed by atoms with Gasteiger partial charge in [0.2, 0.25) is 10.0 Å². The van der Waals surface area contributed by atoms with Crippen LogP contribution >= 0.6 is 11.3 Å². The van der Waals surface area contributed by atoms with Crippen molar-refractivity contribution in [3.8, 4) is 0 Å². The minimum atomic E-state index is -3.53. The molecule has 25 heavy (non-hydrogen) atoms. The molecule has 2 aromatic rings. The van der Waals surface area contributed by atoms with Crippen LogP contribution in [0.15, 0.2) is 34.5 Å². The highest BCUT2D eigenvalue weighted by Gasteiger charge is 2.30. The number of benzene rings is 1. The van der Waals surface area contributed by atoms with E-state index in [2.05, 4.69) is 0 Å². The van der Waals surface area contributed by atoms with Crippen LogP contribution in [-0.2, 0) is 14.8 Å². The van der Waals surface area contributed by atoms with Gasteiger partial charge < -0.3 is 5.11 Å². The summed E-state index contributed by atoms with van der Waals surface area (Å²) < 4.78 is 28.7. The highest BCUT2D eigenvalue weighted by atomic mass is 32.2. The number of carboxylic acid groups (broad SMARTS) is 1. The molecule has 1 aliphatic heterocycles. The maximum Gasteiger partial charge on any atom is 0.317 e. The second kappa shape index (κ2) is 7.41. The average Bonchev–Trinajstić information content (AvgIpc) is 2.83. The Balaban J connectivity index is 1.78. The summed E-state index contributed by atoms with van der Waals surface area (Å²) in [5, 5.41) is 11.4. The molecule has 1 N–H and O–H groups in total. The predicted molar refractivity (Wildman–Crippen MR) is 98.5 cm³/mol. The molecule has 6 nitrogen and oxygen atoms in total. The molecule has 1 fully saturated rings. The SMILES string of the molecule is CN(CC(=O)O)C1CCCN(S(=O)(=O)c2csc3ccccc23)CC1. The monoisotopic (exact) mass is 382 g/mol. The van der Waals surface area contributed by atoms with Gasteiger partial charge >= 0.3 is 5.97 Å². The van der Waals surface area contributed by atoms with Crippen molar-refractivity contribution in [2.75, 3.05) is 26.7 Å². The van der Waals surface area contributed by atoms with Crippen molar-refractivity contribution >= 4 is 37.4 Å². The van der Waals surface area contributed by atoms with Gasteiger partial charge in [-0.1, -0.05) is 18.2 Å². The van der Waals surface area contributed by atoms with E-state index in [9.17, 15) is 13.2 Å². The number of rotatable bonds is 5. The van der Waals surface area contributed by atoms with Crippen LogP contribution in [0.1, 0.15) is 19.3 Å². The van der Waals surface area contributed by atoms with Crippen molar-refractivity contribution in [1.82, 2.24) is 9.21 Å². The zero-order valence-electron chi connectivity index (χ0n) is 14.1. The van der Waals surface area contributed by atoms with Gasteiger partial charge in [0.15, 0.2) is 0 Å². The molecular weight excluding hydrogens is 360 g/mol. The summed E-state index contributed by atoms with van der Waals surface area (Å²) in [5.74, 6) is -0.860. The maximum absolute atomic E-state index is 13.1. The molecule has 1 saturated heterocycles. The summed E-state index contributed by atoms with van der Waals surface area (Å²) in [7, 11) is -1.74. The van der Waals surface area contributed by atoms with Crippen molar-refractivity contribution < 1.29 is 18.3 Å². The molecule has 1 aromatic heterocycles. The van der Waals surface area contributed by atoms with Gasteiger partial charge in [-0.3, -0.25) is 9.69 Å². The van der Waals surface area contributed by atoms with E-state index >= 15 is 0 Å². The molecule has 0 amide bonds. The lowest BCUT2D eigenvalue weighted by molar-refractivity contribution is -0.138. The van der Waals surface area contributed by atoms with Crippen molar-refractivity contribution in [1.29, 1.82) is 0 Å². The third-order valence-corrected chi connectivity index (χ3v) is 7.78. The highest BCUT2D eigenvalue weighted by Crippen LogP contribution is 2.32. The number of thiophene rings is 1. The number of aliphatic carboxylic acids is 1. The lowest BCUT2D eigenvalue weighted by Gasteiger charge is -2.25. The summed E-state index contributed by atoms with van der Waals surface area (Å²) in [5.41, 5.74) is 0. The van der Waals surface area contributed by atoms with Crippen LogP contribution in [0, 0.1) is 0 Å². The lowest BCUT2D eigenvalue weighted by Crippen LogP contribution is -2.37. The van der Waals surface area contributed by atoms with E-state index in [1.54, 1.807) is 21.6 Å². The van der Waals surface area contributed by atoms with Gasteiger partial charge in [0.1, 0.15) is 4.90 Å². The molecule has 1 atom stereocenters. The molecular formula is C17H22N2O4S2. The van der Waals surface area contributed by atoms with Gasteiger partial charge in [-0.25, -0.2) is 8.42 Å². The molecule has 0 saturated carbocycles. The number of nitrogens with zero attached hydrogens (tertiary/aromatic N) is 2. The number of sulfonamides is 1. The fourth-order valence-electron chi connectivity index (χ4n) is 3.37. The molecule has 8 heteroatoms. The van der Waals surface area contributed by atoms with Crippen molar-refractivity contribution in [2.24, 2.45) is 0 Å². The van der Waals surface area contributed by atoms with E-state index < -0.39 is 16.0 Å². The van der Waals surface area contributed by atoms with Gasteiger partial charge in [-0.05, 0) is 32.4 Å². The Hall–Kier alpha value is -1.48. The first-order valence-corrected chi connectivity index (χ1v) is 10.6. The fraction of sp³-hybridized carbons (Fsp3) is 0.471. The van der Waals surface area contributed by atoms with Crippen molar-refractivity contribution in [2.45, 2.75) is 30.2 Å². The summed E-state index contributed by atoms with van der Waals surface area (Å²) in [4.78, 5) is 13.1. The largest absolute Gasteiger partial charge is 0.480 e. The maximum atomic E-state index is 13.1. The van der Waals surface area contributed by atoms with Gasteiger partial charge in [-0.2, -0.15) is 4.31 Å². The molecule has 0 aliphatic carbocycles. The molecule has 0 bridgehead atoms. The van der Waals surface area contributed by atoms with Gasteiger partial charge in [-0.15, -0.1) is 11.3 Å². The second-order valence-electron chi connectivity index (χ2n) is 6.39. The second-order valence-corrected chi connectivity index (χ2v) is 9.21. The van der Waals surface area contributed by atoms with Crippen LogP contribution in [-0.4, -0.2) is 61.4 Å². The number of carbonyl (C=O) groups is 1. The first kappa shape index (κ1) is 18.3. The van der Waals surface area contributed by atoms with E-state index in [-0.39, 0.29) is 12.6 Å². The quantitative estimate of drug-likeness (QED) is 0.859. The zero-order valence-corrected chi connectivity index (χ0v) is 15.7. The molecule has 1 aromatic carbocycles. The van der Waals surface area contributed by atoms with Crippen molar-refractivity contribution in [3.63, 3.8) is 0 Å². The number of hydrogen-bond donors (Lipinski definition) is 1. The minimum absolute atomic E-state index is 0.0212. The topological polar surface area (TPSA) is 77.9 Å². The van der Waals surface area contributed by atoms with Crippen LogP contribution in [0.2, 0.25) is 0 Å². The van der Waals surface area contributed by atoms with Gasteiger partial charge in [0.05, 0.1) is 6.54 Å². The van der Waals surface area contributed by atoms with Gasteiger partial charge in [0, 0.05) is 34.6 Å². The highest BCUT2D eigenvalue weighted by molar-refractivity contribution is 7.89. The van der Waals surface area contributed by atoms with Crippen LogP contribution in [0.25, 0.3) is 10.1 Å². The molecule has 136 valence electrons. The first-order valence-electron chi connectivity index (χ1n) is 8.28. The Morgan fingerprint density at radius 2 is 2.08 bits per heavy atom. The smallest absolute Gasteiger partial charge is 0.317 e. The Morgan fingerprint density at radius 1 is 1.32 bits per heavy atom. The number of likely N-dealkylation sites (N-methyl/N-ethyl adjacent to an activating group) is 1. The Labute approximate surface area is 151 Å². The predicted octanol–water partition coefficient (Wildman–Crippen LogP) is 2.46.